The number of aromatic nitrogens is 1. The second-order valence-electron chi connectivity index (χ2n) is 6.33. The second-order valence-corrected chi connectivity index (χ2v) is 6.33. The molecule has 0 saturated heterocycles. The molecule has 0 aliphatic heterocycles. The SMILES string of the molecule is CC(C)(C)NC(N)=NCc1ccnc(OCC2CC2)c1.I. The Morgan fingerprint density at radius 1 is 1.48 bits per heavy atom. The van der Waals surface area contributed by atoms with Crippen molar-refractivity contribution in [2.24, 2.45) is 16.6 Å². The maximum atomic E-state index is 5.84. The van der Waals surface area contributed by atoms with Crippen LogP contribution in [0.4, 0.5) is 0 Å². The number of nitrogens with one attached hydrogen (secondary N) is 1. The van der Waals surface area contributed by atoms with Gasteiger partial charge in [0, 0.05) is 17.8 Å². The summed E-state index contributed by atoms with van der Waals surface area (Å²) in [6, 6.07) is 3.86. The Morgan fingerprint density at radius 2 is 2.19 bits per heavy atom. The topological polar surface area (TPSA) is 72.5 Å². The first-order valence-electron chi connectivity index (χ1n) is 7.08. The molecular formula is C15H25IN4O. The normalized spacial score (nSPS) is 15.3. The number of halogens is 1. The quantitative estimate of drug-likeness (QED) is 0.450. The van der Waals surface area contributed by atoms with Gasteiger partial charge in [-0.25, -0.2) is 9.98 Å². The molecule has 0 aromatic carbocycles. The van der Waals surface area contributed by atoms with Crippen LogP contribution in [0.2, 0.25) is 0 Å². The van der Waals surface area contributed by atoms with E-state index in [2.05, 4.69) is 15.3 Å². The molecule has 3 N–H and O–H groups in total. The minimum atomic E-state index is -0.0790. The molecule has 1 heterocycles. The van der Waals surface area contributed by atoms with Crippen LogP contribution in [0.15, 0.2) is 23.3 Å². The van der Waals surface area contributed by atoms with Crippen molar-refractivity contribution in [2.75, 3.05) is 6.61 Å². The Labute approximate surface area is 143 Å². The summed E-state index contributed by atoms with van der Waals surface area (Å²) in [5.41, 5.74) is 6.81. The molecular weight excluding hydrogens is 379 g/mol. The van der Waals surface area contributed by atoms with Gasteiger partial charge in [-0.1, -0.05) is 0 Å². The lowest BCUT2D eigenvalue weighted by atomic mass is 10.1. The maximum absolute atomic E-state index is 5.84. The monoisotopic (exact) mass is 404 g/mol. The molecule has 1 aromatic heterocycles. The average Bonchev–Trinajstić information content (AvgIpc) is 3.16. The van der Waals surface area contributed by atoms with Crippen LogP contribution in [-0.4, -0.2) is 23.1 Å². The molecule has 0 unspecified atom stereocenters. The van der Waals surface area contributed by atoms with E-state index in [-0.39, 0.29) is 29.5 Å². The van der Waals surface area contributed by atoms with Crippen LogP contribution < -0.4 is 15.8 Å². The van der Waals surface area contributed by atoms with Gasteiger partial charge in [-0.2, -0.15) is 0 Å². The molecule has 0 atom stereocenters. The first kappa shape index (κ1) is 18.0. The molecule has 1 saturated carbocycles. The highest BCUT2D eigenvalue weighted by molar-refractivity contribution is 14.0. The summed E-state index contributed by atoms with van der Waals surface area (Å²) in [4.78, 5) is 8.54. The highest BCUT2D eigenvalue weighted by Gasteiger charge is 2.22. The van der Waals surface area contributed by atoms with Crippen molar-refractivity contribution in [3.8, 4) is 5.88 Å². The number of nitrogens with zero attached hydrogens (tertiary/aromatic N) is 2. The van der Waals surface area contributed by atoms with Crippen LogP contribution in [-0.2, 0) is 6.54 Å². The molecule has 6 heteroatoms. The fraction of sp³-hybridized carbons (Fsp3) is 0.600. The van der Waals surface area contributed by atoms with Crippen LogP contribution >= 0.6 is 24.0 Å². The average molecular weight is 404 g/mol. The van der Waals surface area contributed by atoms with Crippen molar-refractivity contribution >= 4 is 29.9 Å². The number of guanidine groups is 1. The zero-order valence-corrected chi connectivity index (χ0v) is 15.3. The van der Waals surface area contributed by atoms with E-state index in [0.717, 1.165) is 18.1 Å². The van der Waals surface area contributed by atoms with E-state index < -0.39 is 0 Å². The van der Waals surface area contributed by atoms with Gasteiger partial charge in [0.05, 0.1) is 13.2 Å². The highest BCUT2D eigenvalue weighted by atomic mass is 127. The minimum Gasteiger partial charge on any atom is -0.477 e. The summed E-state index contributed by atoms with van der Waals surface area (Å²) in [7, 11) is 0. The van der Waals surface area contributed by atoms with E-state index in [1.807, 2.05) is 32.9 Å². The van der Waals surface area contributed by atoms with Gasteiger partial charge in [0.25, 0.3) is 0 Å². The maximum Gasteiger partial charge on any atom is 0.213 e. The Morgan fingerprint density at radius 3 is 2.81 bits per heavy atom. The first-order chi connectivity index (χ1) is 9.42. The lowest BCUT2D eigenvalue weighted by Crippen LogP contribution is -2.44. The molecule has 0 bridgehead atoms. The zero-order valence-electron chi connectivity index (χ0n) is 12.9. The third-order valence-electron chi connectivity index (χ3n) is 2.90. The summed E-state index contributed by atoms with van der Waals surface area (Å²) in [5, 5.41) is 3.13. The van der Waals surface area contributed by atoms with Crippen molar-refractivity contribution < 1.29 is 4.74 Å². The van der Waals surface area contributed by atoms with E-state index in [9.17, 15) is 0 Å². The van der Waals surface area contributed by atoms with Crippen molar-refractivity contribution in [2.45, 2.75) is 45.7 Å². The molecule has 5 nitrogen and oxygen atoms in total. The lowest BCUT2D eigenvalue weighted by Gasteiger charge is -2.20. The van der Waals surface area contributed by atoms with Crippen LogP contribution in [0.5, 0.6) is 5.88 Å². The Balaban J connectivity index is 0.00000220. The predicted octanol–water partition coefficient (Wildman–Crippen LogP) is 2.69. The van der Waals surface area contributed by atoms with Gasteiger partial charge in [0.1, 0.15) is 0 Å². The highest BCUT2D eigenvalue weighted by Crippen LogP contribution is 2.29. The summed E-state index contributed by atoms with van der Waals surface area (Å²) in [6.07, 6.45) is 4.30. The summed E-state index contributed by atoms with van der Waals surface area (Å²) >= 11 is 0. The van der Waals surface area contributed by atoms with Crippen molar-refractivity contribution in [1.29, 1.82) is 0 Å². The van der Waals surface area contributed by atoms with Gasteiger partial charge in [-0.3, -0.25) is 0 Å². The molecule has 0 amide bonds. The summed E-state index contributed by atoms with van der Waals surface area (Å²) < 4.78 is 5.65. The molecule has 2 rings (SSSR count). The Hall–Kier alpha value is -1.05. The molecule has 21 heavy (non-hydrogen) atoms. The van der Waals surface area contributed by atoms with Gasteiger partial charge in [-0.05, 0) is 51.2 Å². The van der Waals surface area contributed by atoms with Crippen LogP contribution in [0, 0.1) is 5.92 Å². The molecule has 0 radical (unpaired) electrons. The van der Waals surface area contributed by atoms with E-state index in [1.54, 1.807) is 6.20 Å². The number of hydrogen-bond acceptors (Lipinski definition) is 3. The predicted molar refractivity (Wildman–Crippen MR) is 96.1 cm³/mol. The van der Waals surface area contributed by atoms with Crippen molar-refractivity contribution in [3.05, 3.63) is 23.9 Å². The van der Waals surface area contributed by atoms with Gasteiger partial charge < -0.3 is 15.8 Å². The van der Waals surface area contributed by atoms with Crippen LogP contribution in [0.1, 0.15) is 39.2 Å². The smallest absolute Gasteiger partial charge is 0.213 e. The van der Waals surface area contributed by atoms with Gasteiger partial charge in [0.15, 0.2) is 5.96 Å². The number of aliphatic imine (C=N–C) groups is 1. The summed E-state index contributed by atoms with van der Waals surface area (Å²) in [6.45, 7) is 7.44. The first-order valence-corrected chi connectivity index (χ1v) is 7.08. The second kappa shape index (κ2) is 7.82. The standard InChI is InChI=1S/C15H24N4O.HI/c1-15(2,3)19-14(16)18-9-12-6-7-17-13(8-12)20-10-11-4-5-11;/h6-8,11H,4-5,9-10H2,1-3H3,(H3,16,18,19);1H. The zero-order chi connectivity index (χ0) is 14.6. The van der Waals surface area contributed by atoms with E-state index in [1.165, 1.54) is 12.8 Å². The van der Waals surface area contributed by atoms with E-state index >= 15 is 0 Å². The minimum absolute atomic E-state index is 0. The number of nitrogens with two attached hydrogens (primary N) is 1. The van der Waals surface area contributed by atoms with Gasteiger partial charge in [0.2, 0.25) is 5.88 Å². The molecule has 1 aromatic rings. The fourth-order valence-corrected chi connectivity index (χ4v) is 1.72. The number of ether oxygens (including phenoxy) is 1. The number of hydrogen-bond donors (Lipinski definition) is 2. The molecule has 0 spiro atoms. The molecule has 1 fully saturated rings. The van der Waals surface area contributed by atoms with Crippen LogP contribution in [0.25, 0.3) is 0 Å². The van der Waals surface area contributed by atoms with Gasteiger partial charge >= 0.3 is 0 Å². The van der Waals surface area contributed by atoms with Crippen molar-refractivity contribution in [3.63, 3.8) is 0 Å². The van der Waals surface area contributed by atoms with E-state index in [0.29, 0.717) is 18.4 Å². The van der Waals surface area contributed by atoms with Crippen LogP contribution in [0.3, 0.4) is 0 Å². The molecule has 118 valence electrons. The van der Waals surface area contributed by atoms with E-state index in [4.69, 9.17) is 10.5 Å². The Bertz CT molecular complexity index is 481. The number of rotatable bonds is 5. The number of pyridine rings is 1. The lowest BCUT2D eigenvalue weighted by molar-refractivity contribution is 0.288. The largest absolute Gasteiger partial charge is 0.477 e. The van der Waals surface area contributed by atoms with Crippen molar-refractivity contribution in [1.82, 2.24) is 10.3 Å². The fourth-order valence-electron chi connectivity index (χ4n) is 1.72. The third kappa shape index (κ3) is 7.50. The summed E-state index contributed by atoms with van der Waals surface area (Å²) in [5.74, 6) is 1.85. The van der Waals surface area contributed by atoms with Gasteiger partial charge in [-0.15, -0.1) is 24.0 Å². The Kier molecular flexibility index (Phi) is 6.70. The third-order valence-corrected chi connectivity index (χ3v) is 2.90. The molecule has 1 aliphatic carbocycles. The molecule has 1 aliphatic rings.